The average molecular weight is 551 g/mol. The summed E-state index contributed by atoms with van der Waals surface area (Å²) in [5.41, 5.74) is 4.42. The molecule has 2 amide bonds. The second kappa shape index (κ2) is 11.5. The Hall–Kier alpha value is -2.52. The summed E-state index contributed by atoms with van der Waals surface area (Å²) < 4.78 is 6.57. The van der Waals surface area contributed by atoms with Gasteiger partial charge in [0.2, 0.25) is 11.8 Å². The summed E-state index contributed by atoms with van der Waals surface area (Å²) in [4.78, 5) is 40.6. The summed E-state index contributed by atoms with van der Waals surface area (Å²) in [6.07, 6.45) is 3.69. The first kappa shape index (κ1) is 28.0. The molecular weight excluding hydrogens is 508 g/mol. The Morgan fingerprint density at radius 1 is 1.08 bits per heavy atom. The third-order valence-electron chi connectivity index (χ3n) is 9.02. The molecule has 0 aromatic heterocycles. The molecule has 2 aromatic rings. The third-order valence-corrected chi connectivity index (χ3v) is 11.5. The number of nitrogens with zero attached hydrogens (tertiary/aromatic N) is 2. The van der Waals surface area contributed by atoms with Gasteiger partial charge in [-0.05, 0) is 73.5 Å². The van der Waals surface area contributed by atoms with Crippen molar-refractivity contribution in [3.63, 3.8) is 0 Å². The van der Waals surface area contributed by atoms with E-state index >= 15 is 0 Å². The molecular formula is C31H42N2O5Si. The van der Waals surface area contributed by atoms with Crippen LogP contribution in [-0.4, -0.2) is 66.3 Å². The van der Waals surface area contributed by atoms with Crippen LogP contribution in [0.4, 0.5) is 5.69 Å². The largest absolute Gasteiger partial charge is 0.432 e. The van der Waals surface area contributed by atoms with E-state index in [4.69, 9.17) is 4.74 Å². The molecule has 39 heavy (non-hydrogen) atoms. The highest BCUT2D eigenvalue weighted by molar-refractivity contribution is 6.71. The van der Waals surface area contributed by atoms with Gasteiger partial charge < -0.3 is 24.4 Å². The fraction of sp³-hybridized carbons (Fsp3) is 0.548. The molecule has 2 saturated heterocycles. The fourth-order valence-corrected chi connectivity index (χ4v) is 9.62. The highest BCUT2D eigenvalue weighted by atomic mass is 28.4. The predicted octanol–water partition coefficient (Wildman–Crippen LogP) is 4.05. The van der Waals surface area contributed by atoms with Crippen LogP contribution in [0.5, 0.6) is 0 Å². The second-order valence-electron chi connectivity index (χ2n) is 12.1. The van der Waals surface area contributed by atoms with E-state index in [2.05, 4.69) is 31.2 Å². The molecule has 2 aromatic carbocycles. The number of hydrogen-bond donors (Lipinski definition) is 2. The Labute approximate surface area is 232 Å². The molecule has 0 aliphatic carbocycles. The predicted molar refractivity (Wildman–Crippen MR) is 154 cm³/mol. The van der Waals surface area contributed by atoms with Crippen molar-refractivity contribution in [2.75, 3.05) is 18.1 Å². The summed E-state index contributed by atoms with van der Waals surface area (Å²) >= 11 is 0. The number of fused-ring (bicyclic) bond motifs is 1. The number of hydrogen-bond acceptors (Lipinski definition) is 5. The van der Waals surface area contributed by atoms with Crippen LogP contribution in [-0.2, 0) is 33.7 Å². The van der Waals surface area contributed by atoms with Gasteiger partial charge in [0.05, 0.1) is 31.3 Å². The first-order chi connectivity index (χ1) is 18.7. The van der Waals surface area contributed by atoms with Gasteiger partial charge in [-0.15, -0.1) is 0 Å². The van der Waals surface area contributed by atoms with Gasteiger partial charge in [-0.25, -0.2) is 0 Å². The number of carbonyl (C=O) groups excluding carboxylic acids is 2. The number of aryl methyl sites for hydroxylation is 1. The zero-order valence-electron chi connectivity index (χ0n) is 23.4. The van der Waals surface area contributed by atoms with Gasteiger partial charge in [0.15, 0.2) is 8.32 Å². The van der Waals surface area contributed by atoms with Crippen LogP contribution < -0.4 is 4.90 Å². The molecule has 0 radical (unpaired) electrons. The standard InChI is InChI=1S/C31H42N2O5Si/c1-21-27(15-12-22-10-13-25(14-11-22)32-16-6-9-29(32)35)38-28(31(21)39(2,3)37)18-30(36)33-19-24-8-5-4-7-23(24)17-26(33)20-34/h4-5,7-8,10-11,13-14,21,26-28,31,34,37H,6,9,12,15-20H2,1-3H3/t21-,26+,27+,28-,31+/m1/s1. The number of anilines is 1. The summed E-state index contributed by atoms with van der Waals surface area (Å²) in [6, 6.07) is 16.1. The quantitative estimate of drug-likeness (QED) is 0.484. The minimum Gasteiger partial charge on any atom is -0.432 e. The van der Waals surface area contributed by atoms with Crippen LogP contribution in [0.1, 0.15) is 49.3 Å². The first-order valence-corrected chi connectivity index (χ1v) is 17.4. The number of benzene rings is 2. The summed E-state index contributed by atoms with van der Waals surface area (Å²) in [7, 11) is -2.61. The van der Waals surface area contributed by atoms with Gasteiger partial charge in [0, 0.05) is 30.7 Å². The van der Waals surface area contributed by atoms with E-state index in [1.807, 2.05) is 42.3 Å². The monoisotopic (exact) mass is 550 g/mol. The highest BCUT2D eigenvalue weighted by Crippen LogP contribution is 2.46. The number of ether oxygens (including phenoxy) is 1. The number of carbonyl (C=O) groups is 2. The fourth-order valence-electron chi connectivity index (χ4n) is 7.01. The van der Waals surface area contributed by atoms with Crippen molar-refractivity contribution >= 4 is 25.8 Å². The SMILES string of the molecule is C[C@H]1[C@H]([Si](C)(C)O)[C@@H](CC(=O)N2Cc3ccccc3C[C@H]2CO)O[C@H]1CCc1ccc(N2CCCC2=O)cc1. The van der Waals surface area contributed by atoms with Gasteiger partial charge in [0.25, 0.3) is 0 Å². The van der Waals surface area contributed by atoms with Gasteiger partial charge in [0.1, 0.15) is 0 Å². The molecule has 5 atom stereocenters. The molecule has 8 heteroatoms. The molecule has 3 aliphatic heterocycles. The molecule has 210 valence electrons. The van der Waals surface area contributed by atoms with Crippen molar-refractivity contribution in [1.29, 1.82) is 0 Å². The summed E-state index contributed by atoms with van der Waals surface area (Å²) in [5, 5.41) is 10.1. The zero-order chi connectivity index (χ0) is 27.7. The van der Waals surface area contributed by atoms with Crippen LogP contribution in [0.15, 0.2) is 48.5 Å². The Kier molecular flexibility index (Phi) is 8.28. The molecule has 0 unspecified atom stereocenters. The number of amides is 2. The first-order valence-electron chi connectivity index (χ1n) is 14.4. The van der Waals surface area contributed by atoms with Crippen molar-refractivity contribution in [1.82, 2.24) is 4.90 Å². The van der Waals surface area contributed by atoms with Crippen LogP contribution in [0.2, 0.25) is 18.6 Å². The number of rotatable bonds is 8. The van der Waals surface area contributed by atoms with Crippen molar-refractivity contribution in [2.24, 2.45) is 5.92 Å². The molecule has 3 aliphatic rings. The number of aliphatic hydroxyl groups excluding tert-OH is 1. The van der Waals surface area contributed by atoms with Gasteiger partial charge in [-0.2, -0.15) is 0 Å². The molecule has 7 nitrogen and oxygen atoms in total. The maximum Gasteiger partial charge on any atom is 0.227 e. The topological polar surface area (TPSA) is 90.3 Å². The summed E-state index contributed by atoms with van der Waals surface area (Å²) in [5.74, 6) is 0.320. The maximum absolute atomic E-state index is 13.6. The Morgan fingerprint density at radius 2 is 1.79 bits per heavy atom. The van der Waals surface area contributed by atoms with Crippen molar-refractivity contribution in [3.05, 3.63) is 65.2 Å². The third kappa shape index (κ3) is 5.99. The lowest BCUT2D eigenvalue weighted by molar-refractivity contribution is -0.138. The van der Waals surface area contributed by atoms with Crippen molar-refractivity contribution in [3.8, 4) is 0 Å². The zero-order valence-corrected chi connectivity index (χ0v) is 24.4. The molecule has 3 heterocycles. The smallest absolute Gasteiger partial charge is 0.227 e. The highest BCUT2D eigenvalue weighted by Gasteiger charge is 2.50. The van der Waals surface area contributed by atoms with Crippen LogP contribution in [0.25, 0.3) is 0 Å². The van der Waals surface area contributed by atoms with Crippen molar-refractivity contribution in [2.45, 2.75) is 88.9 Å². The molecule has 0 saturated carbocycles. The van der Waals surface area contributed by atoms with E-state index in [-0.39, 0.29) is 54.6 Å². The van der Waals surface area contributed by atoms with E-state index in [0.29, 0.717) is 19.4 Å². The maximum atomic E-state index is 13.6. The van der Waals surface area contributed by atoms with Gasteiger partial charge in [-0.3, -0.25) is 9.59 Å². The Morgan fingerprint density at radius 3 is 2.44 bits per heavy atom. The van der Waals surface area contributed by atoms with E-state index < -0.39 is 8.32 Å². The molecule has 5 rings (SSSR count). The van der Waals surface area contributed by atoms with E-state index in [1.54, 1.807) is 4.90 Å². The average Bonchev–Trinajstić information content (AvgIpc) is 3.48. The second-order valence-corrected chi connectivity index (χ2v) is 16.1. The molecule has 0 bridgehead atoms. The normalized spacial score (nSPS) is 27.2. The lowest BCUT2D eigenvalue weighted by Crippen LogP contribution is -2.48. The summed E-state index contributed by atoms with van der Waals surface area (Å²) in [6.45, 7) is 7.26. The lowest BCUT2D eigenvalue weighted by Gasteiger charge is -2.37. The molecule has 2 fully saturated rings. The Balaban J connectivity index is 1.24. The van der Waals surface area contributed by atoms with Crippen LogP contribution >= 0.6 is 0 Å². The minimum atomic E-state index is -2.61. The van der Waals surface area contributed by atoms with Crippen LogP contribution in [0, 0.1) is 5.92 Å². The van der Waals surface area contributed by atoms with Gasteiger partial charge in [-0.1, -0.05) is 43.3 Å². The minimum absolute atomic E-state index is 0.0169. The lowest BCUT2D eigenvalue weighted by atomic mass is 9.93. The van der Waals surface area contributed by atoms with E-state index in [9.17, 15) is 19.5 Å². The van der Waals surface area contributed by atoms with Gasteiger partial charge >= 0.3 is 0 Å². The Bertz CT molecular complexity index is 1180. The van der Waals surface area contributed by atoms with Crippen molar-refractivity contribution < 1.29 is 24.2 Å². The number of aliphatic hydroxyl groups is 1. The molecule has 0 spiro atoms. The van der Waals surface area contributed by atoms with E-state index in [1.165, 1.54) is 11.1 Å². The van der Waals surface area contributed by atoms with Crippen LogP contribution in [0.3, 0.4) is 0 Å². The van der Waals surface area contributed by atoms with E-state index in [0.717, 1.165) is 37.1 Å². The molecule has 2 N–H and O–H groups in total.